The summed E-state index contributed by atoms with van der Waals surface area (Å²) in [5.41, 5.74) is 1.00. The second-order valence-corrected chi connectivity index (χ2v) is 6.05. The van der Waals surface area contributed by atoms with Crippen molar-refractivity contribution in [1.82, 2.24) is 4.98 Å². The Morgan fingerprint density at radius 2 is 1.93 bits per heavy atom. The predicted molar refractivity (Wildman–Crippen MR) is 92.6 cm³/mol. The third-order valence-electron chi connectivity index (χ3n) is 3.64. The molecule has 0 fully saturated rings. The van der Waals surface area contributed by atoms with Gasteiger partial charge in [0.2, 0.25) is 0 Å². The number of carbonyl (C=O) groups is 2. The van der Waals surface area contributed by atoms with Gasteiger partial charge in [-0.15, -0.1) is 0 Å². The van der Waals surface area contributed by atoms with Crippen molar-refractivity contribution < 1.29 is 32.2 Å². The number of aryl methyl sites for hydroxylation is 1. The molecule has 0 unspecified atom stereocenters. The lowest BCUT2D eigenvalue weighted by atomic mass is 10.1. The fourth-order valence-electron chi connectivity index (χ4n) is 2.46. The molecule has 0 saturated carbocycles. The van der Waals surface area contributed by atoms with Crippen LogP contribution in [-0.2, 0) is 4.74 Å². The van der Waals surface area contributed by atoms with Crippen molar-refractivity contribution in [2.45, 2.75) is 20.0 Å². The maximum absolute atomic E-state index is 12.6. The summed E-state index contributed by atoms with van der Waals surface area (Å²) in [7, 11) is 1.21. The van der Waals surface area contributed by atoms with Crippen LogP contribution in [0.5, 0.6) is 5.75 Å². The number of aromatic nitrogens is 1. The van der Waals surface area contributed by atoms with Crippen LogP contribution in [0.2, 0.25) is 5.02 Å². The van der Waals surface area contributed by atoms with Gasteiger partial charge in [-0.3, -0.25) is 4.79 Å². The summed E-state index contributed by atoms with van der Waals surface area (Å²) < 4.78 is 46.6. The van der Waals surface area contributed by atoms with E-state index in [1.807, 2.05) is 0 Å². The van der Waals surface area contributed by atoms with Gasteiger partial charge < -0.3 is 19.8 Å². The number of aromatic amines is 1. The summed E-state index contributed by atoms with van der Waals surface area (Å²) in [5.74, 6) is -1.48. The number of rotatable bonds is 5. The van der Waals surface area contributed by atoms with Gasteiger partial charge in [-0.2, -0.15) is 13.2 Å². The second kappa shape index (κ2) is 7.91. The highest BCUT2D eigenvalue weighted by Crippen LogP contribution is 2.30. The molecule has 27 heavy (non-hydrogen) atoms. The smallest absolute Gasteiger partial charge is 0.422 e. The number of H-pyrrole nitrogens is 1. The van der Waals surface area contributed by atoms with Crippen molar-refractivity contribution in [2.24, 2.45) is 0 Å². The first kappa shape index (κ1) is 20.6. The number of hydrogen-bond donors (Lipinski definition) is 2. The highest BCUT2D eigenvalue weighted by molar-refractivity contribution is 6.31. The topological polar surface area (TPSA) is 80.4 Å². The Bertz CT molecular complexity index is 878. The first-order chi connectivity index (χ1) is 12.5. The van der Waals surface area contributed by atoms with Gasteiger partial charge in [-0.25, -0.2) is 4.79 Å². The zero-order chi connectivity index (χ0) is 20.4. The molecule has 2 aromatic rings. The molecule has 0 atom stereocenters. The number of alkyl halides is 3. The molecule has 2 rings (SSSR count). The summed E-state index contributed by atoms with van der Waals surface area (Å²) in [6.07, 6.45) is -4.54. The van der Waals surface area contributed by atoms with E-state index in [2.05, 4.69) is 15.0 Å². The van der Waals surface area contributed by atoms with Crippen LogP contribution in [0.15, 0.2) is 18.2 Å². The number of benzene rings is 1. The van der Waals surface area contributed by atoms with E-state index < -0.39 is 24.7 Å². The first-order valence-electron chi connectivity index (χ1n) is 7.61. The Morgan fingerprint density at radius 1 is 1.26 bits per heavy atom. The third-order valence-corrected chi connectivity index (χ3v) is 3.87. The number of ether oxygens (including phenoxy) is 2. The van der Waals surface area contributed by atoms with E-state index in [1.54, 1.807) is 13.8 Å². The Labute approximate surface area is 157 Å². The van der Waals surface area contributed by atoms with Crippen LogP contribution >= 0.6 is 11.6 Å². The number of halogens is 4. The predicted octanol–water partition coefficient (Wildman–Crippen LogP) is 4.26. The second-order valence-electron chi connectivity index (χ2n) is 5.62. The number of nitrogens with one attached hydrogen (secondary N) is 2. The van der Waals surface area contributed by atoms with Crippen LogP contribution in [0.3, 0.4) is 0 Å². The molecule has 10 heteroatoms. The zero-order valence-corrected chi connectivity index (χ0v) is 15.3. The number of carbonyl (C=O) groups excluding carboxylic acids is 2. The zero-order valence-electron chi connectivity index (χ0n) is 14.6. The largest absolute Gasteiger partial charge is 0.482 e. The molecule has 1 aromatic heterocycles. The van der Waals surface area contributed by atoms with E-state index in [0.717, 1.165) is 0 Å². The van der Waals surface area contributed by atoms with Crippen molar-refractivity contribution in [1.29, 1.82) is 0 Å². The van der Waals surface area contributed by atoms with Crippen LogP contribution < -0.4 is 10.1 Å². The van der Waals surface area contributed by atoms with E-state index >= 15 is 0 Å². The van der Waals surface area contributed by atoms with Gasteiger partial charge in [-0.05, 0) is 37.6 Å². The van der Waals surface area contributed by atoms with Crippen molar-refractivity contribution in [3.05, 3.63) is 45.7 Å². The van der Waals surface area contributed by atoms with E-state index in [9.17, 15) is 22.8 Å². The molecule has 2 N–H and O–H groups in total. The van der Waals surface area contributed by atoms with Crippen molar-refractivity contribution >= 4 is 29.2 Å². The summed E-state index contributed by atoms with van der Waals surface area (Å²) in [6.45, 7) is 1.61. The maximum Gasteiger partial charge on any atom is 0.422 e. The Hall–Kier alpha value is -2.68. The average molecular weight is 405 g/mol. The molecule has 0 radical (unpaired) electrons. The Kier molecular flexibility index (Phi) is 6.04. The van der Waals surface area contributed by atoms with Gasteiger partial charge >= 0.3 is 12.1 Å². The van der Waals surface area contributed by atoms with Crippen LogP contribution in [0.4, 0.5) is 18.9 Å². The monoisotopic (exact) mass is 404 g/mol. The molecular formula is C17H16ClF3N2O4. The van der Waals surface area contributed by atoms with Gasteiger partial charge in [0, 0.05) is 10.7 Å². The Morgan fingerprint density at radius 3 is 2.52 bits per heavy atom. The minimum Gasteiger partial charge on any atom is -0.482 e. The fraction of sp³-hybridized carbons (Fsp3) is 0.294. The highest BCUT2D eigenvalue weighted by atomic mass is 35.5. The lowest BCUT2D eigenvalue weighted by Crippen LogP contribution is -2.20. The average Bonchev–Trinajstić information content (AvgIpc) is 2.87. The molecule has 0 saturated heterocycles. The minimum absolute atomic E-state index is 0.0389. The van der Waals surface area contributed by atoms with Crippen LogP contribution in [-0.4, -0.2) is 36.8 Å². The minimum atomic E-state index is -4.54. The van der Waals surface area contributed by atoms with Crippen LogP contribution in [0, 0.1) is 13.8 Å². The SMILES string of the molecule is COC(=O)c1c(C)[nH]c(C(=O)Nc2cc(Cl)ccc2OCC(F)(F)F)c1C. The highest BCUT2D eigenvalue weighted by Gasteiger charge is 2.29. The molecule has 146 valence electrons. The molecule has 1 heterocycles. The lowest BCUT2D eigenvalue weighted by Gasteiger charge is -2.14. The third kappa shape index (κ3) is 4.94. The van der Waals surface area contributed by atoms with Crippen molar-refractivity contribution in [2.75, 3.05) is 19.0 Å². The van der Waals surface area contributed by atoms with Gasteiger partial charge in [0.25, 0.3) is 5.91 Å². The van der Waals surface area contributed by atoms with E-state index in [1.165, 1.54) is 25.3 Å². The van der Waals surface area contributed by atoms with E-state index in [0.29, 0.717) is 11.3 Å². The molecule has 0 spiro atoms. The van der Waals surface area contributed by atoms with Gasteiger partial charge in [0.05, 0.1) is 18.4 Å². The van der Waals surface area contributed by atoms with Crippen molar-refractivity contribution in [3.63, 3.8) is 0 Å². The quantitative estimate of drug-likeness (QED) is 0.729. The molecule has 0 aliphatic rings. The fourth-order valence-corrected chi connectivity index (χ4v) is 2.63. The normalized spacial score (nSPS) is 11.2. The number of amides is 1. The van der Waals surface area contributed by atoms with Gasteiger partial charge in [0.15, 0.2) is 6.61 Å². The van der Waals surface area contributed by atoms with Gasteiger partial charge in [-0.1, -0.05) is 11.6 Å². The maximum atomic E-state index is 12.6. The molecule has 1 amide bonds. The van der Waals surface area contributed by atoms with Crippen molar-refractivity contribution in [3.8, 4) is 5.75 Å². The standard InChI is InChI=1S/C17H16ClF3N2O4/c1-8-13(16(25)26-3)9(2)22-14(8)15(24)23-11-6-10(18)4-5-12(11)27-7-17(19,20)21/h4-6,22H,7H2,1-3H3,(H,23,24). The summed E-state index contributed by atoms with van der Waals surface area (Å²) in [5, 5.41) is 2.64. The number of anilines is 1. The van der Waals surface area contributed by atoms with Crippen LogP contribution in [0.1, 0.15) is 32.1 Å². The number of hydrogen-bond acceptors (Lipinski definition) is 4. The summed E-state index contributed by atoms with van der Waals surface area (Å²) in [6, 6.07) is 3.82. The number of methoxy groups -OCH3 is 1. The molecular weight excluding hydrogens is 389 g/mol. The summed E-state index contributed by atoms with van der Waals surface area (Å²) >= 11 is 5.86. The van der Waals surface area contributed by atoms with Crippen LogP contribution in [0.25, 0.3) is 0 Å². The number of esters is 1. The van der Waals surface area contributed by atoms with Gasteiger partial charge in [0.1, 0.15) is 11.4 Å². The molecule has 0 aliphatic heterocycles. The molecule has 1 aromatic carbocycles. The molecule has 0 bridgehead atoms. The Balaban J connectivity index is 2.31. The lowest BCUT2D eigenvalue weighted by molar-refractivity contribution is -0.153. The molecule has 0 aliphatic carbocycles. The first-order valence-corrected chi connectivity index (χ1v) is 7.99. The van der Waals surface area contributed by atoms with E-state index in [-0.39, 0.29) is 27.7 Å². The van der Waals surface area contributed by atoms with E-state index in [4.69, 9.17) is 16.3 Å². The summed E-state index contributed by atoms with van der Waals surface area (Å²) in [4.78, 5) is 27.1. The molecule has 6 nitrogen and oxygen atoms in total.